The van der Waals surface area contributed by atoms with Crippen LogP contribution in [0, 0.1) is 0 Å². The Hall–Kier alpha value is -1.56. The molecular formula is C18H25F2N3O. The van der Waals surface area contributed by atoms with Gasteiger partial charge in [-0.1, -0.05) is 13.8 Å². The van der Waals surface area contributed by atoms with Crippen LogP contribution in [0.5, 0.6) is 0 Å². The number of aromatic nitrogens is 1. The monoisotopic (exact) mass is 337 g/mol. The van der Waals surface area contributed by atoms with Gasteiger partial charge < -0.3 is 11.1 Å². The van der Waals surface area contributed by atoms with E-state index in [4.69, 9.17) is 5.73 Å². The summed E-state index contributed by atoms with van der Waals surface area (Å²) < 4.78 is 26.9. The highest BCUT2D eigenvalue weighted by atomic mass is 19.3. The van der Waals surface area contributed by atoms with E-state index >= 15 is 0 Å². The number of halogens is 2. The summed E-state index contributed by atoms with van der Waals surface area (Å²) in [5, 5.41) is 3.31. The van der Waals surface area contributed by atoms with Crippen molar-refractivity contribution in [2.24, 2.45) is 5.73 Å². The van der Waals surface area contributed by atoms with E-state index in [1.54, 1.807) is 6.07 Å². The largest absolute Gasteiger partial charge is 0.364 e. The molecule has 0 unspecified atom stereocenters. The summed E-state index contributed by atoms with van der Waals surface area (Å²) in [5.41, 5.74) is 8.61. The lowest BCUT2D eigenvalue weighted by atomic mass is 9.89. The Balaban J connectivity index is 1.91. The van der Waals surface area contributed by atoms with Crippen LogP contribution in [0.25, 0.3) is 0 Å². The maximum atomic E-state index is 13.4. The lowest BCUT2D eigenvalue weighted by molar-refractivity contribution is 0.00663. The average molecular weight is 337 g/mol. The van der Waals surface area contributed by atoms with Crippen molar-refractivity contribution >= 4 is 5.91 Å². The molecule has 1 amide bonds. The molecule has 0 saturated heterocycles. The molecule has 1 fully saturated rings. The molecule has 0 aliphatic heterocycles. The van der Waals surface area contributed by atoms with Gasteiger partial charge in [-0.2, -0.15) is 0 Å². The summed E-state index contributed by atoms with van der Waals surface area (Å²) in [5.74, 6) is -3.13. The number of alkyl halides is 2. The predicted molar refractivity (Wildman–Crippen MR) is 88.2 cm³/mol. The van der Waals surface area contributed by atoms with Crippen LogP contribution in [-0.4, -0.2) is 22.9 Å². The second-order valence-electron chi connectivity index (χ2n) is 7.86. The number of hydrogen-bond donors (Lipinski definition) is 2. The van der Waals surface area contributed by atoms with E-state index in [0.717, 1.165) is 29.7 Å². The van der Waals surface area contributed by atoms with Gasteiger partial charge >= 0.3 is 0 Å². The normalized spacial score (nSPS) is 25.5. The van der Waals surface area contributed by atoms with Gasteiger partial charge in [0.25, 0.3) is 5.91 Å². The molecule has 1 aromatic rings. The molecule has 2 aliphatic carbocycles. The summed E-state index contributed by atoms with van der Waals surface area (Å²) in [6, 6.07) is 1.41. The topological polar surface area (TPSA) is 68.0 Å². The molecule has 1 saturated carbocycles. The van der Waals surface area contributed by atoms with Crippen molar-refractivity contribution < 1.29 is 13.6 Å². The van der Waals surface area contributed by atoms with Crippen LogP contribution in [-0.2, 0) is 11.8 Å². The number of hydrogen-bond acceptors (Lipinski definition) is 3. The summed E-state index contributed by atoms with van der Waals surface area (Å²) in [4.78, 5) is 16.1. The van der Waals surface area contributed by atoms with Gasteiger partial charge in [0, 0.05) is 30.3 Å². The summed E-state index contributed by atoms with van der Waals surface area (Å²) >= 11 is 0. The van der Waals surface area contributed by atoms with E-state index in [0.29, 0.717) is 6.42 Å². The van der Waals surface area contributed by atoms with Gasteiger partial charge in [0.1, 0.15) is 5.69 Å². The zero-order valence-corrected chi connectivity index (χ0v) is 14.5. The summed E-state index contributed by atoms with van der Waals surface area (Å²) in [7, 11) is 0. The number of carbonyl (C=O) groups excluding carboxylic acids is 1. The molecule has 0 radical (unpaired) electrons. The number of fused-ring (bicyclic) bond motifs is 1. The number of carbonyl (C=O) groups is 1. The van der Waals surface area contributed by atoms with Crippen molar-refractivity contribution in [3.8, 4) is 0 Å². The zero-order valence-electron chi connectivity index (χ0n) is 14.5. The highest BCUT2D eigenvalue weighted by Crippen LogP contribution is 2.41. The summed E-state index contributed by atoms with van der Waals surface area (Å²) in [6.45, 7) is 6.17. The van der Waals surface area contributed by atoms with Crippen LogP contribution in [0.3, 0.4) is 0 Å². The maximum Gasteiger partial charge on any atom is 0.267 e. The molecule has 6 heteroatoms. The number of nitrogens with one attached hydrogen (secondary N) is 1. The molecule has 0 spiro atoms. The average Bonchev–Trinajstić information content (AvgIpc) is 2.97. The van der Waals surface area contributed by atoms with Gasteiger partial charge in [-0.25, -0.2) is 13.8 Å². The molecule has 3 N–H and O–H groups in total. The molecule has 2 aliphatic rings. The van der Waals surface area contributed by atoms with Gasteiger partial charge in [0.15, 0.2) is 0 Å². The highest BCUT2D eigenvalue weighted by Gasteiger charge is 2.40. The maximum absolute atomic E-state index is 13.4. The van der Waals surface area contributed by atoms with Crippen LogP contribution in [0.1, 0.15) is 79.8 Å². The van der Waals surface area contributed by atoms with Crippen molar-refractivity contribution in [2.45, 2.75) is 76.3 Å². The van der Waals surface area contributed by atoms with Gasteiger partial charge in [-0.15, -0.1) is 0 Å². The number of nitrogens with zero attached hydrogens (tertiary/aromatic N) is 1. The highest BCUT2D eigenvalue weighted by molar-refractivity contribution is 5.91. The van der Waals surface area contributed by atoms with Crippen molar-refractivity contribution in [3.05, 3.63) is 28.6 Å². The molecular weight excluding hydrogens is 312 g/mol. The minimum Gasteiger partial charge on any atom is -0.364 e. The van der Waals surface area contributed by atoms with Crippen LogP contribution in [0.15, 0.2) is 6.07 Å². The molecule has 4 nitrogen and oxygen atoms in total. The van der Waals surface area contributed by atoms with E-state index in [9.17, 15) is 13.6 Å². The van der Waals surface area contributed by atoms with E-state index in [2.05, 4.69) is 24.1 Å². The lowest BCUT2D eigenvalue weighted by Crippen LogP contribution is -2.31. The minimum atomic E-state index is -2.57. The third-order valence-electron chi connectivity index (χ3n) is 5.41. The van der Waals surface area contributed by atoms with Gasteiger partial charge in [-0.05, 0) is 43.4 Å². The number of pyridine rings is 1. The Labute approximate surface area is 141 Å². The number of primary amides is 1. The first-order valence-corrected chi connectivity index (χ1v) is 8.57. The first-order chi connectivity index (χ1) is 11.1. The molecule has 2 atom stereocenters. The third-order valence-corrected chi connectivity index (χ3v) is 5.41. The van der Waals surface area contributed by atoms with Gasteiger partial charge in [0.2, 0.25) is 5.92 Å². The van der Waals surface area contributed by atoms with E-state index < -0.39 is 11.8 Å². The zero-order chi connectivity index (χ0) is 17.7. The fourth-order valence-electron chi connectivity index (χ4n) is 4.02. The number of amides is 1. The van der Waals surface area contributed by atoms with Crippen LogP contribution in [0.4, 0.5) is 8.78 Å². The van der Waals surface area contributed by atoms with Crippen LogP contribution >= 0.6 is 0 Å². The fourth-order valence-corrected chi connectivity index (χ4v) is 4.02. The molecule has 1 heterocycles. The van der Waals surface area contributed by atoms with Crippen molar-refractivity contribution in [3.63, 3.8) is 0 Å². The molecule has 3 rings (SSSR count). The predicted octanol–water partition coefficient (Wildman–Crippen LogP) is 3.24. The van der Waals surface area contributed by atoms with Crippen LogP contribution in [0.2, 0.25) is 0 Å². The third kappa shape index (κ3) is 3.16. The standard InChI is InChI=1S/C18H25F2N3O/c1-10(22-11-4-7-18(19,20)9-11)13-8-14(16(21)24)23-15-12(13)5-6-17(15,2)3/h8,10-11,22H,4-7,9H2,1-3H3,(H2,21,24)/t10-,11+/m0/s1. The lowest BCUT2D eigenvalue weighted by Gasteiger charge is -2.24. The SMILES string of the molecule is C[C@H](N[C@@H]1CCC(F)(F)C1)c1cc(C(N)=O)nc2c1CCC2(C)C. The molecule has 24 heavy (non-hydrogen) atoms. The first-order valence-electron chi connectivity index (χ1n) is 8.57. The van der Waals surface area contributed by atoms with Crippen molar-refractivity contribution in [1.82, 2.24) is 10.3 Å². The fraction of sp³-hybridized carbons (Fsp3) is 0.667. The Morgan fingerprint density at radius 2 is 2.12 bits per heavy atom. The van der Waals surface area contributed by atoms with E-state index in [1.807, 2.05) is 6.92 Å². The second kappa shape index (κ2) is 5.76. The Bertz CT molecular complexity index is 672. The van der Waals surface area contributed by atoms with Crippen LogP contribution < -0.4 is 11.1 Å². The first kappa shape index (κ1) is 17.3. The van der Waals surface area contributed by atoms with Gasteiger partial charge in [-0.3, -0.25) is 4.79 Å². The molecule has 1 aromatic heterocycles. The smallest absolute Gasteiger partial charge is 0.267 e. The number of rotatable bonds is 4. The summed E-state index contributed by atoms with van der Waals surface area (Å²) in [6.07, 6.45) is 2.12. The van der Waals surface area contributed by atoms with Crippen molar-refractivity contribution in [1.29, 1.82) is 0 Å². The Morgan fingerprint density at radius 1 is 1.42 bits per heavy atom. The second-order valence-corrected chi connectivity index (χ2v) is 7.86. The number of nitrogens with two attached hydrogens (primary N) is 1. The Morgan fingerprint density at radius 3 is 2.71 bits per heavy atom. The van der Waals surface area contributed by atoms with Crippen molar-refractivity contribution in [2.75, 3.05) is 0 Å². The Kier molecular flexibility index (Phi) is 4.14. The van der Waals surface area contributed by atoms with E-state index in [1.165, 1.54) is 0 Å². The molecule has 0 bridgehead atoms. The minimum absolute atomic E-state index is 0.0641. The van der Waals surface area contributed by atoms with Gasteiger partial charge in [0.05, 0.1) is 5.69 Å². The molecule has 132 valence electrons. The van der Waals surface area contributed by atoms with E-state index in [-0.39, 0.29) is 36.0 Å². The molecule has 0 aromatic carbocycles. The quantitative estimate of drug-likeness (QED) is 0.886.